The highest BCUT2D eigenvalue weighted by Gasteiger charge is 2.25. The van der Waals surface area contributed by atoms with Gasteiger partial charge in [0, 0.05) is 12.0 Å². The minimum atomic E-state index is 0.292. The van der Waals surface area contributed by atoms with Crippen molar-refractivity contribution in [3.05, 3.63) is 16.5 Å². The van der Waals surface area contributed by atoms with Gasteiger partial charge in [0.15, 0.2) is 0 Å². The van der Waals surface area contributed by atoms with Crippen molar-refractivity contribution in [2.24, 2.45) is 11.8 Å². The molecular formula is C15H23BrN2O. The van der Waals surface area contributed by atoms with Crippen molar-refractivity contribution < 1.29 is 4.74 Å². The number of hydrogen-bond acceptors (Lipinski definition) is 3. The molecule has 0 radical (unpaired) electrons. The Morgan fingerprint density at radius 2 is 1.79 bits per heavy atom. The fourth-order valence-electron chi connectivity index (χ4n) is 2.87. The second kappa shape index (κ2) is 6.21. The lowest BCUT2D eigenvalue weighted by molar-refractivity contribution is 0.0961. The summed E-state index contributed by atoms with van der Waals surface area (Å²) in [5, 5.41) is 0. The van der Waals surface area contributed by atoms with Crippen LogP contribution < -0.4 is 4.74 Å². The van der Waals surface area contributed by atoms with Gasteiger partial charge in [-0.15, -0.1) is 0 Å². The molecule has 0 spiro atoms. The minimum Gasteiger partial charge on any atom is -0.474 e. The van der Waals surface area contributed by atoms with Crippen molar-refractivity contribution in [3.63, 3.8) is 0 Å². The van der Waals surface area contributed by atoms with Gasteiger partial charge >= 0.3 is 0 Å². The molecule has 1 saturated carbocycles. The Bertz CT molecular complexity index is 426. The monoisotopic (exact) mass is 326 g/mol. The second-order valence-electron chi connectivity index (χ2n) is 6.20. The van der Waals surface area contributed by atoms with Crippen molar-refractivity contribution in [2.75, 3.05) is 0 Å². The van der Waals surface area contributed by atoms with E-state index in [1.165, 1.54) is 6.42 Å². The molecule has 1 aliphatic rings. The average Bonchev–Trinajstić information content (AvgIpc) is 2.26. The summed E-state index contributed by atoms with van der Waals surface area (Å²) in [6.07, 6.45) is 3.86. The third-order valence-electron chi connectivity index (χ3n) is 3.63. The van der Waals surface area contributed by atoms with Gasteiger partial charge < -0.3 is 4.74 Å². The summed E-state index contributed by atoms with van der Waals surface area (Å²) in [7, 11) is 0. The zero-order valence-electron chi connectivity index (χ0n) is 12.2. The van der Waals surface area contributed by atoms with Crippen LogP contribution in [0.2, 0.25) is 0 Å². The van der Waals surface area contributed by atoms with Crippen molar-refractivity contribution in [1.82, 2.24) is 9.97 Å². The molecule has 2 unspecified atom stereocenters. The predicted octanol–water partition coefficient (Wildman–Crippen LogP) is 4.57. The molecule has 0 amide bonds. The van der Waals surface area contributed by atoms with Gasteiger partial charge in [-0.05, 0) is 47.0 Å². The SMILES string of the molecule is CC1CC(C)CC(Oc2cc(Br)nc(C(C)C)n2)C1. The lowest BCUT2D eigenvalue weighted by atomic mass is 9.82. The molecule has 1 aliphatic carbocycles. The zero-order chi connectivity index (χ0) is 14.0. The lowest BCUT2D eigenvalue weighted by Crippen LogP contribution is -2.28. The summed E-state index contributed by atoms with van der Waals surface area (Å²) in [5.41, 5.74) is 0. The topological polar surface area (TPSA) is 35.0 Å². The maximum Gasteiger partial charge on any atom is 0.218 e. The fraction of sp³-hybridized carbons (Fsp3) is 0.733. The highest BCUT2D eigenvalue weighted by molar-refractivity contribution is 9.10. The number of ether oxygens (including phenoxy) is 1. The van der Waals surface area contributed by atoms with E-state index in [0.29, 0.717) is 17.9 Å². The van der Waals surface area contributed by atoms with E-state index in [1.807, 2.05) is 6.07 Å². The summed E-state index contributed by atoms with van der Waals surface area (Å²) in [6, 6.07) is 1.87. The molecule has 1 fully saturated rings. The maximum absolute atomic E-state index is 6.09. The van der Waals surface area contributed by atoms with E-state index in [2.05, 4.69) is 53.6 Å². The van der Waals surface area contributed by atoms with E-state index in [4.69, 9.17) is 4.74 Å². The molecule has 0 aliphatic heterocycles. The predicted molar refractivity (Wildman–Crippen MR) is 80.4 cm³/mol. The van der Waals surface area contributed by atoms with Crippen LogP contribution in [-0.4, -0.2) is 16.1 Å². The lowest BCUT2D eigenvalue weighted by Gasteiger charge is -2.31. The van der Waals surface area contributed by atoms with E-state index in [1.54, 1.807) is 0 Å². The molecule has 3 nitrogen and oxygen atoms in total. The largest absolute Gasteiger partial charge is 0.474 e. The second-order valence-corrected chi connectivity index (χ2v) is 7.01. The number of aromatic nitrogens is 2. The van der Waals surface area contributed by atoms with E-state index >= 15 is 0 Å². The number of hydrogen-bond donors (Lipinski definition) is 0. The summed E-state index contributed by atoms with van der Waals surface area (Å²) in [6.45, 7) is 8.80. The Morgan fingerprint density at radius 1 is 1.16 bits per heavy atom. The van der Waals surface area contributed by atoms with Gasteiger partial charge in [-0.1, -0.05) is 27.7 Å². The Labute approximate surface area is 124 Å². The highest BCUT2D eigenvalue weighted by Crippen LogP contribution is 2.31. The molecule has 4 heteroatoms. The standard InChI is InChI=1S/C15H23BrN2O/c1-9(2)15-17-13(16)8-14(18-15)19-12-6-10(3)5-11(4)7-12/h8-12H,5-7H2,1-4H3. The molecule has 0 N–H and O–H groups in total. The van der Waals surface area contributed by atoms with Crippen molar-refractivity contribution >= 4 is 15.9 Å². The van der Waals surface area contributed by atoms with Crippen molar-refractivity contribution in [2.45, 2.75) is 59.0 Å². The summed E-state index contributed by atoms with van der Waals surface area (Å²) in [4.78, 5) is 8.90. The summed E-state index contributed by atoms with van der Waals surface area (Å²) in [5.74, 6) is 3.33. The van der Waals surface area contributed by atoms with Crippen LogP contribution in [-0.2, 0) is 0 Å². The molecular weight excluding hydrogens is 304 g/mol. The van der Waals surface area contributed by atoms with Crippen LogP contribution in [0.1, 0.15) is 58.7 Å². The van der Waals surface area contributed by atoms with Gasteiger partial charge in [0.05, 0.1) is 0 Å². The number of nitrogens with zero attached hydrogens (tertiary/aromatic N) is 2. The maximum atomic E-state index is 6.09. The summed E-state index contributed by atoms with van der Waals surface area (Å²) < 4.78 is 6.89. The number of halogens is 1. The molecule has 0 aromatic carbocycles. The van der Waals surface area contributed by atoms with Crippen molar-refractivity contribution in [1.29, 1.82) is 0 Å². The van der Waals surface area contributed by atoms with Crippen LogP contribution in [0.3, 0.4) is 0 Å². The summed E-state index contributed by atoms with van der Waals surface area (Å²) >= 11 is 3.44. The zero-order valence-corrected chi connectivity index (χ0v) is 13.8. The fourth-order valence-corrected chi connectivity index (χ4v) is 3.25. The smallest absolute Gasteiger partial charge is 0.218 e. The van der Waals surface area contributed by atoms with Gasteiger partial charge in [-0.2, -0.15) is 4.98 Å². The highest BCUT2D eigenvalue weighted by atomic mass is 79.9. The van der Waals surface area contributed by atoms with Gasteiger partial charge in [0.1, 0.15) is 16.5 Å². The number of rotatable bonds is 3. The Morgan fingerprint density at radius 3 is 2.37 bits per heavy atom. The van der Waals surface area contributed by atoms with Crippen LogP contribution in [0, 0.1) is 11.8 Å². The molecule has 0 saturated heterocycles. The van der Waals surface area contributed by atoms with E-state index in [9.17, 15) is 0 Å². The van der Waals surface area contributed by atoms with E-state index < -0.39 is 0 Å². The first kappa shape index (κ1) is 14.8. The van der Waals surface area contributed by atoms with E-state index in [0.717, 1.165) is 35.1 Å². The first-order chi connectivity index (χ1) is 8.94. The molecule has 1 aromatic rings. The molecule has 1 aromatic heterocycles. The third kappa shape index (κ3) is 4.16. The Hall–Kier alpha value is -0.640. The van der Waals surface area contributed by atoms with Gasteiger partial charge in [-0.25, -0.2) is 4.98 Å². The molecule has 1 heterocycles. The first-order valence-corrected chi connectivity index (χ1v) is 7.94. The van der Waals surface area contributed by atoms with Gasteiger partial charge in [0.2, 0.25) is 5.88 Å². The quantitative estimate of drug-likeness (QED) is 0.763. The van der Waals surface area contributed by atoms with Gasteiger partial charge in [0.25, 0.3) is 0 Å². The minimum absolute atomic E-state index is 0.292. The van der Waals surface area contributed by atoms with Crippen molar-refractivity contribution in [3.8, 4) is 5.88 Å². The Balaban J connectivity index is 2.10. The molecule has 2 rings (SSSR count). The Kier molecular flexibility index (Phi) is 4.82. The molecule has 19 heavy (non-hydrogen) atoms. The molecule has 2 atom stereocenters. The van der Waals surface area contributed by atoms with Crippen LogP contribution in [0.4, 0.5) is 0 Å². The molecule has 0 bridgehead atoms. The van der Waals surface area contributed by atoms with Crippen LogP contribution >= 0.6 is 15.9 Å². The first-order valence-electron chi connectivity index (χ1n) is 7.15. The van der Waals surface area contributed by atoms with E-state index in [-0.39, 0.29) is 0 Å². The average molecular weight is 327 g/mol. The van der Waals surface area contributed by atoms with Crippen LogP contribution in [0.5, 0.6) is 5.88 Å². The van der Waals surface area contributed by atoms with Gasteiger partial charge in [-0.3, -0.25) is 0 Å². The van der Waals surface area contributed by atoms with Crippen LogP contribution in [0.25, 0.3) is 0 Å². The van der Waals surface area contributed by atoms with Crippen LogP contribution in [0.15, 0.2) is 10.7 Å². The molecule has 106 valence electrons. The third-order valence-corrected chi connectivity index (χ3v) is 4.03. The normalized spacial score (nSPS) is 27.6.